The molecule has 1 saturated carbocycles. The molecule has 2 rings (SSSR count). The van der Waals surface area contributed by atoms with Crippen molar-refractivity contribution in [2.24, 2.45) is 0 Å². The van der Waals surface area contributed by atoms with E-state index < -0.39 is 20.0 Å². The standard InChI is InChI=1S/C14H20N2O4S/c1-9-7-12(13(16(17)18)8-10(9)2)15-11-5-4-6-14(11)21(3,19)20/h7-8,11,14-15H,4-6H2,1-3H3. The van der Waals surface area contributed by atoms with E-state index in [9.17, 15) is 18.5 Å². The van der Waals surface area contributed by atoms with E-state index in [0.717, 1.165) is 17.5 Å². The highest BCUT2D eigenvalue weighted by atomic mass is 32.2. The minimum atomic E-state index is -3.16. The van der Waals surface area contributed by atoms with Gasteiger partial charge in [0.1, 0.15) is 5.69 Å². The van der Waals surface area contributed by atoms with Crippen molar-refractivity contribution in [2.45, 2.75) is 44.4 Å². The maximum Gasteiger partial charge on any atom is 0.292 e. The Bertz CT molecular complexity index is 670. The average molecular weight is 312 g/mol. The van der Waals surface area contributed by atoms with Gasteiger partial charge in [0.15, 0.2) is 9.84 Å². The minimum Gasteiger partial charge on any atom is -0.375 e. The van der Waals surface area contributed by atoms with Crippen molar-refractivity contribution in [2.75, 3.05) is 11.6 Å². The maximum absolute atomic E-state index is 11.8. The largest absolute Gasteiger partial charge is 0.375 e. The molecular weight excluding hydrogens is 292 g/mol. The second-order valence-corrected chi connectivity index (χ2v) is 8.02. The molecule has 1 fully saturated rings. The number of aryl methyl sites for hydroxylation is 2. The van der Waals surface area contributed by atoms with Crippen molar-refractivity contribution in [1.29, 1.82) is 0 Å². The van der Waals surface area contributed by atoms with Crippen molar-refractivity contribution in [1.82, 2.24) is 0 Å². The highest BCUT2D eigenvalue weighted by Gasteiger charge is 2.35. The van der Waals surface area contributed by atoms with Crippen molar-refractivity contribution in [3.63, 3.8) is 0 Å². The molecule has 0 saturated heterocycles. The van der Waals surface area contributed by atoms with Gasteiger partial charge in [0.2, 0.25) is 0 Å². The molecule has 0 aromatic heterocycles. The molecule has 1 aliphatic rings. The zero-order valence-corrected chi connectivity index (χ0v) is 13.2. The Morgan fingerprint density at radius 1 is 1.24 bits per heavy atom. The summed E-state index contributed by atoms with van der Waals surface area (Å²) in [6.07, 6.45) is 3.36. The SMILES string of the molecule is Cc1cc(NC2CCCC2S(C)(=O)=O)c([N+](=O)[O-])cc1C. The molecule has 0 aliphatic heterocycles. The summed E-state index contributed by atoms with van der Waals surface area (Å²) in [7, 11) is -3.16. The van der Waals surface area contributed by atoms with Gasteiger partial charge < -0.3 is 5.32 Å². The first-order valence-electron chi connectivity index (χ1n) is 6.91. The molecule has 1 aromatic carbocycles. The molecule has 0 radical (unpaired) electrons. The van der Waals surface area contributed by atoms with Crippen LogP contribution < -0.4 is 5.32 Å². The second-order valence-electron chi connectivity index (χ2n) is 5.76. The topological polar surface area (TPSA) is 89.3 Å². The van der Waals surface area contributed by atoms with E-state index >= 15 is 0 Å². The lowest BCUT2D eigenvalue weighted by atomic mass is 10.1. The van der Waals surface area contributed by atoms with Crippen LogP contribution in [0.2, 0.25) is 0 Å². The molecule has 1 aromatic rings. The van der Waals surface area contributed by atoms with Crippen LogP contribution in [0.1, 0.15) is 30.4 Å². The molecule has 2 unspecified atom stereocenters. The smallest absolute Gasteiger partial charge is 0.292 e. The van der Waals surface area contributed by atoms with Crippen LogP contribution in [0.5, 0.6) is 0 Å². The third-order valence-electron chi connectivity index (χ3n) is 4.15. The number of nitro groups is 1. The summed E-state index contributed by atoms with van der Waals surface area (Å²) in [5, 5.41) is 13.8. The van der Waals surface area contributed by atoms with Crippen LogP contribution in [0.15, 0.2) is 12.1 Å². The Balaban J connectivity index is 2.35. The summed E-state index contributed by atoms with van der Waals surface area (Å²) >= 11 is 0. The van der Waals surface area contributed by atoms with Gasteiger partial charge in [0, 0.05) is 18.4 Å². The molecule has 6 nitrogen and oxygen atoms in total. The van der Waals surface area contributed by atoms with Crippen LogP contribution in [0.25, 0.3) is 0 Å². The minimum absolute atomic E-state index is 0.00255. The lowest BCUT2D eigenvalue weighted by Crippen LogP contribution is -2.34. The predicted octanol–water partition coefficient (Wildman–Crippen LogP) is 2.59. The van der Waals surface area contributed by atoms with Gasteiger partial charge in [-0.15, -0.1) is 0 Å². The third kappa shape index (κ3) is 3.34. The van der Waals surface area contributed by atoms with E-state index in [2.05, 4.69) is 5.32 Å². The van der Waals surface area contributed by atoms with E-state index in [1.807, 2.05) is 13.8 Å². The first kappa shape index (κ1) is 15.8. The van der Waals surface area contributed by atoms with E-state index in [1.54, 1.807) is 6.07 Å². The number of anilines is 1. The number of benzene rings is 1. The number of nitrogens with zero attached hydrogens (tertiary/aromatic N) is 1. The summed E-state index contributed by atoms with van der Waals surface area (Å²) < 4.78 is 23.6. The molecule has 7 heteroatoms. The Kier molecular flexibility index (Phi) is 4.22. The van der Waals surface area contributed by atoms with Gasteiger partial charge in [-0.05, 0) is 50.3 Å². The van der Waals surface area contributed by atoms with Crippen LogP contribution in [-0.4, -0.2) is 30.9 Å². The molecule has 21 heavy (non-hydrogen) atoms. The van der Waals surface area contributed by atoms with Gasteiger partial charge in [-0.25, -0.2) is 8.42 Å². The first-order chi connectivity index (χ1) is 9.70. The molecule has 2 atom stereocenters. The average Bonchev–Trinajstić information content (AvgIpc) is 2.81. The zero-order valence-electron chi connectivity index (χ0n) is 12.4. The van der Waals surface area contributed by atoms with E-state index in [0.29, 0.717) is 18.5 Å². The maximum atomic E-state index is 11.8. The van der Waals surface area contributed by atoms with Crippen molar-refractivity contribution in [3.8, 4) is 0 Å². The van der Waals surface area contributed by atoms with Gasteiger partial charge in [-0.1, -0.05) is 0 Å². The predicted molar refractivity (Wildman–Crippen MR) is 82.5 cm³/mol. The quantitative estimate of drug-likeness (QED) is 0.682. The molecule has 1 N–H and O–H groups in total. The lowest BCUT2D eigenvalue weighted by Gasteiger charge is -2.21. The van der Waals surface area contributed by atoms with Crippen molar-refractivity contribution in [3.05, 3.63) is 33.4 Å². The van der Waals surface area contributed by atoms with Crippen LogP contribution in [0, 0.1) is 24.0 Å². The number of hydrogen-bond donors (Lipinski definition) is 1. The fourth-order valence-electron chi connectivity index (χ4n) is 2.87. The van der Waals surface area contributed by atoms with E-state index in [1.165, 1.54) is 12.3 Å². The number of sulfone groups is 1. The molecule has 0 bridgehead atoms. The van der Waals surface area contributed by atoms with Crippen LogP contribution in [-0.2, 0) is 9.84 Å². The highest BCUT2D eigenvalue weighted by Crippen LogP contribution is 2.33. The lowest BCUT2D eigenvalue weighted by molar-refractivity contribution is -0.384. The Labute approximate surface area is 124 Å². The fourth-order valence-corrected chi connectivity index (χ4v) is 4.27. The Morgan fingerprint density at radius 3 is 2.43 bits per heavy atom. The number of nitrogens with one attached hydrogen (secondary N) is 1. The first-order valence-corrected chi connectivity index (χ1v) is 8.86. The monoisotopic (exact) mass is 312 g/mol. The van der Waals surface area contributed by atoms with Gasteiger partial charge in [-0.3, -0.25) is 10.1 Å². The summed E-state index contributed by atoms with van der Waals surface area (Å²) in [5.74, 6) is 0. The van der Waals surface area contributed by atoms with Crippen LogP contribution in [0.4, 0.5) is 11.4 Å². The van der Waals surface area contributed by atoms with Gasteiger partial charge in [0.25, 0.3) is 5.69 Å². The van der Waals surface area contributed by atoms with Gasteiger partial charge in [0.05, 0.1) is 10.2 Å². The number of rotatable bonds is 4. The third-order valence-corrected chi connectivity index (χ3v) is 5.82. The zero-order chi connectivity index (χ0) is 15.8. The van der Waals surface area contributed by atoms with Gasteiger partial charge in [-0.2, -0.15) is 0 Å². The summed E-state index contributed by atoms with van der Waals surface area (Å²) in [6, 6.07) is 2.99. The van der Waals surface area contributed by atoms with Crippen molar-refractivity contribution >= 4 is 21.2 Å². The molecule has 0 amide bonds. The number of nitro benzene ring substituents is 1. The molecular formula is C14H20N2O4S. The van der Waals surface area contributed by atoms with E-state index in [-0.39, 0.29) is 11.7 Å². The fraction of sp³-hybridized carbons (Fsp3) is 0.571. The summed E-state index contributed by atoms with van der Waals surface area (Å²) in [5.41, 5.74) is 2.19. The van der Waals surface area contributed by atoms with E-state index in [4.69, 9.17) is 0 Å². The Hall–Kier alpha value is -1.63. The number of hydrogen-bond acceptors (Lipinski definition) is 5. The second kappa shape index (κ2) is 5.63. The summed E-state index contributed by atoms with van der Waals surface area (Å²) in [6.45, 7) is 3.70. The van der Waals surface area contributed by atoms with Crippen LogP contribution >= 0.6 is 0 Å². The molecule has 0 spiro atoms. The normalized spacial score (nSPS) is 22.2. The van der Waals surface area contributed by atoms with Crippen LogP contribution in [0.3, 0.4) is 0 Å². The molecule has 1 aliphatic carbocycles. The van der Waals surface area contributed by atoms with Gasteiger partial charge >= 0.3 is 0 Å². The molecule has 116 valence electrons. The summed E-state index contributed by atoms with van der Waals surface area (Å²) in [4.78, 5) is 10.8. The highest BCUT2D eigenvalue weighted by molar-refractivity contribution is 7.91. The van der Waals surface area contributed by atoms with Crippen molar-refractivity contribution < 1.29 is 13.3 Å². The Morgan fingerprint density at radius 2 is 1.86 bits per heavy atom. The molecule has 0 heterocycles.